The topological polar surface area (TPSA) is 37.8 Å². The zero-order chi connectivity index (χ0) is 15.3. The van der Waals surface area contributed by atoms with E-state index in [1.165, 1.54) is 19.3 Å². The van der Waals surface area contributed by atoms with Crippen LogP contribution in [0.15, 0.2) is 10.7 Å². The van der Waals surface area contributed by atoms with E-state index in [-0.39, 0.29) is 0 Å². The Morgan fingerprint density at radius 2 is 2.10 bits per heavy atom. The van der Waals surface area contributed by atoms with Crippen molar-refractivity contribution < 1.29 is 0 Å². The zero-order valence-electron chi connectivity index (χ0n) is 13.5. The SMILES string of the molecule is CCCc1nc(Br)cc(NC2C3(C)CCC(C3)C2(C)C)n1. The summed E-state index contributed by atoms with van der Waals surface area (Å²) >= 11 is 3.52. The minimum Gasteiger partial charge on any atom is -0.366 e. The standard InChI is InChI=1S/C17H26BrN3/c1-5-6-13-19-12(18)9-14(20-13)21-15-16(2,3)11-7-8-17(15,4)10-11/h9,11,15H,5-8,10H2,1-4H3,(H,19,20,21). The second kappa shape index (κ2) is 5.22. The van der Waals surface area contributed by atoms with Crippen LogP contribution in [0.4, 0.5) is 5.82 Å². The molecule has 1 aromatic rings. The Morgan fingerprint density at radius 3 is 2.71 bits per heavy atom. The lowest BCUT2D eigenvalue weighted by Gasteiger charge is -2.43. The van der Waals surface area contributed by atoms with Crippen LogP contribution in [0.1, 0.15) is 59.2 Å². The van der Waals surface area contributed by atoms with Gasteiger partial charge in [-0.3, -0.25) is 0 Å². The van der Waals surface area contributed by atoms with Crippen LogP contribution in [-0.4, -0.2) is 16.0 Å². The summed E-state index contributed by atoms with van der Waals surface area (Å²) in [5.74, 6) is 2.76. The summed E-state index contributed by atoms with van der Waals surface area (Å²) in [6, 6.07) is 2.52. The van der Waals surface area contributed by atoms with Crippen molar-refractivity contribution in [3.05, 3.63) is 16.5 Å². The van der Waals surface area contributed by atoms with E-state index in [2.05, 4.69) is 53.9 Å². The number of nitrogens with zero attached hydrogens (tertiary/aromatic N) is 2. The number of hydrogen-bond acceptors (Lipinski definition) is 3. The van der Waals surface area contributed by atoms with Crippen molar-refractivity contribution in [2.24, 2.45) is 16.7 Å². The Balaban J connectivity index is 1.86. The predicted octanol–water partition coefficient (Wildman–Crippen LogP) is 4.82. The molecule has 116 valence electrons. The van der Waals surface area contributed by atoms with E-state index in [0.717, 1.165) is 35.0 Å². The maximum Gasteiger partial charge on any atom is 0.132 e. The van der Waals surface area contributed by atoms with Crippen molar-refractivity contribution in [1.82, 2.24) is 9.97 Å². The lowest BCUT2D eigenvalue weighted by molar-refractivity contribution is 0.155. The third-order valence-corrected chi connectivity index (χ3v) is 6.18. The number of aromatic nitrogens is 2. The van der Waals surface area contributed by atoms with Crippen LogP contribution in [0.25, 0.3) is 0 Å². The van der Waals surface area contributed by atoms with Gasteiger partial charge in [-0.25, -0.2) is 9.97 Å². The van der Waals surface area contributed by atoms with Crippen LogP contribution in [0.5, 0.6) is 0 Å². The normalized spacial score (nSPS) is 33.4. The zero-order valence-corrected chi connectivity index (χ0v) is 15.1. The maximum atomic E-state index is 4.71. The molecule has 0 spiro atoms. The number of rotatable bonds is 4. The molecule has 1 aromatic heterocycles. The van der Waals surface area contributed by atoms with Gasteiger partial charge in [0.15, 0.2) is 0 Å². The Kier molecular flexibility index (Phi) is 3.79. The lowest BCUT2D eigenvalue weighted by Crippen LogP contribution is -2.46. The molecule has 4 heteroatoms. The third kappa shape index (κ3) is 2.60. The summed E-state index contributed by atoms with van der Waals surface area (Å²) in [6.45, 7) is 9.45. The number of aryl methyl sites for hydroxylation is 1. The Labute approximate surface area is 136 Å². The summed E-state index contributed by atoms with van der Waals surface area (Å²) in [6.07, 6.45) is 6.08. The van der Waals surface area contributed by atoms with E-state index in [4.69, 9.17) is 4.98 Å². The van der Waals surface area contributed by atoms with Crippen LogP contribution in [0, 0.1) is 16.7 Å². The van der Waals surface area contributed by atoms with Gasteiger partial charge in [0.05, 0.1) is 0 Å². The molecule has 0 saturated heterocycles. The number of anilines is 1. The lowest BCUT2D eigenvalue weighted by atomic mass is 9.68. The molecular weight excluding hydrogens is 326 g/mol. The first-order chi connectivity index (χ1) is 9.85. The van der Waals surface area contributed by atoms with E-state index in [1.807, 2.05) is 6.07 Å². The second-order valence-corrected chi connectivity index (χ2v) is 8.55. The van der Waals surface area contributed by atoms with Crippen LogP contribution in [-0.2, 0) is 6.42 Å². The highest BCUT2D eigenvalue weighted by Crippen LogP contribution is 2.63. The summed E-state index contributed by atoms with van der Waals surface area (Å²) in [4.78, 5) is 9.18. The molecule has 2 aliphatic carbocycles. The van der Waals surface area contributed by atoms with E-state index >= 15 is 0 Å². The smallest absolute Gasteiger partial charge is 0.132 e. The van der Waals surface area contributed by atoms with Crippen LogP contribution < -0.4 is 5.32 Å². The summed E-state index contributed by atoms with van der Waals surface area (Å²) < 4.78 is 0.884. The maximum absolute atomic E-state index is 4.71. The first kappa shape index (κ1) is 15.3. The van der Waals surface area contributed by atoms with Crippen LogP contribution >= 0.6 is 15.9 Å². The minimum absolute atomic E-state index is 0.343. The number of fused-ring (bicyclic) bond motifs is 2. The van der Waals surface area contributed by atoms with Gasteiger partial charge >= 0.3 is 0 Å². The second-order valence-electron chi connectivity index (χ2n) is 7.73. The van der Waals surface area contributed by atoms with E-state index in [9.17, 15) is 0 Å². The van der Waals surface area contributed by atoms with Crippen molar-refractivity contribution in [2.75, 3.05) is 5.32 Å². The average Bonchev–Trinajstić information content (AvgIpc) is 2.86. The fraction of sp³-hybridized carbons (Fsp3) is 0.765. The van der Waals surface area contributed by atoms with Crippen molar-refractivity contribution >= 4 is 21.7 Å². The van der Waals surface area contributed by atoms with Gasteiger partial charge in [0, 0.05) is 18.5 Å². The van der Waals surface area contributed by atoms with Crippen molar-refractivity contribution in [2.45, 2.75) is 65.8 Å². The molecule has 0 aromatic carbocycles. The Hall–Kier alpha value is -0.640. The molecule has 2 aliphatic rings. The molecule has 0 aliphatic heterocycles. The van der Waals surface area contributed by atoms with Gasteiger partial charge in [-0.05, 0) is 58.4 Å². The first-order valence-corrected chi connectivity index (χ1v) is 8.94. The van der Waals surface area contributed by atoms with Gasteiger partial charge in [0.25, 0.3) is 0 Å². The van der Waals surface area contributed by atoms with E-state index < -0.39 is 0 Å². The number of halogens is 1. The third-order valence-electron chi connectivity index (χ3n) is 5.78. The van der Waals surface area contributed by atoms with Gasteiger partial charge in [0.1, 0.15) is 16.2 Å². The summed E-state index contributed by atoms with van der Waals surface area (Å²) in [7, 11) is 0. The van der Waals surface area contributed by atoms with Crippen molar-refractivity contribution in [3.8, 4) is 0 Å². The molecule has 0 radical (unpaired) electrons. The summed E-state index contributed by atoms with van der Waals surface area (Å²) in [5.41, 5.74) is 0.756. The molecule has 2 bridgehead atoms. The van der Waals surface area contributed by atoms with Gasteiger partial charge in [-0.15, -0.1) is 0 Å². The quantitative estimate of drug-likeness (QED) is 0.790. The average molecular weight is 352 g/mol. The molecule has 1 heterocycles. The monoisotopic (exact) mass is 351 g/mol. The fourth-order valence-electron chi connectivity index (χ4n) is 4.68. The van der Waals surface area contributed by atoms with Gasteiger partial charge in [-0.1, -0.05) is 27.7 Å². The van der Waals surface area contributed by atoms with E-state index in [1.54, 1.807) is 0 Å². The van der Waals surface area contributed by atoms with E-state index in [0.29, 0.717) is 16.9 Å². The van der Waals surface area contributed by atoms with Gasteiger partial charge in [-0.2, -0.15) is 0 Å². The largest absolute Gasteiger partial charge is 0.366 e. The number of hydrogen-bond donors (Lipinski definition) is 1. The van der Waals surface area contributed by atoms with Gasteiger partial charge < -0.3 is 5.32 Å². The molecule has 3 nitrogen and oxygen atoms in total. The minimum atomic E-state index is 0.343. The molecule has 2 fully saturated rings. The van der Waals surface area contributed by atoms with Gasteiger partial charge in [0.2, 0.25) is 0 Å². The fourth-order valence-corrected chi connectivity index (χ4v) is 5.11. The molecule has 21 heavy (non-hydrogen) atoms. The van der Waals surface area contributed by atoms with Crippen LogP contribution in [0.2, 0.25) is 0 Å². The highest BCUT2D eigenvalue weighted by molar-refractivity contribution is 9.10. The Bertz CT molecular complexity index is 538. The Morgan fingerprint density at radius 1 is 1.33 bits per heavy atom. The van der Waals surface area contributed by atoms with Crippen molar-refractivity contribution in [1.29, 1.82) is 0 Å². The molecule has 2 saturated carbocycles. The molecule has 1 N–H and O–H groups in total. The predicted molar refractivity (Wildman–Crippen MR) is 90.4 cm³/mol. The molecular formula is C17H26BrN3. The van der Waals surface area contributed by atoms with Crippen LogP contribution in [0.3, 0.4) is 0 Å². The highest BCUT2D eigenvalue weighted by atomic mass is 79.9. The van der Waals surface area contributed by atoms with Crippen molar-refractivity contribution in [3.63, 3.8) is 0 Å². The molecule has 0 amide bonds. The summed E-state index contributed by atoms with van der Waals surface area (Å²) in [5, 5.41) is 3.76. The molecule has 3 rings (SSSR count). The molecule has 3 unspecified atom stereocenters. The highest BCUT2D eigenvalue weighted by Gasteiger charge is 2.59. The molecule has 3 atom stereocenters. The first-order valence-electron chi connectivity index (χ1n) is 8.15. The number of nitrogens with one attached hydrogen (secondary N) is 1.